The molecule has 6 heteroatoms. The van der Waals surface area contributed by atoms with Crippen LogP contribution in [0.5, 0.6) is 0 Å². The molecule has 0 bridgehead atoms. The average Bonchev–Trinajstić information content (AvgIpc) is 2.74. The molecule has 0 saturated carbocycles. The molecule has 1 N–H and O–H groups in total. The molecule has 1 fully saturated rings. The molecule has 1 unspecified atom stereocenters. The van der Waals surface area contributed by atoms with Crippen LogP contribution in [0.15, 0.2) is 53.4 Å². The maximum atomic E-state index is 12.8. The maximum Gasteiger partial charge on any atom is 0.240 e. The van der Waals surface area contributed by atoms with Crippen LogP contribution < -0.4 is 4.72 Å². The number of aryl methyl sites for hydroxylation is 1. The summed E-state index contributed by atoms with van der Waals surface area (Å²) in [5.74, 6) is 0.857. The summed E-state index contributed by atoms with van der Waals surface area (Å²) >= 11 is 0. The van der Waals surface area contributed by atoms with Crippen LogP contribution in [-0.4, -0.2) is 38.9 Å². The molecule has 0 spiro atoms. The van der Waals surface area contributed by atoms with Gasteiger partial charge in [-0.1, -0.05) is 55.8 Å². The quantitative estimate of drug-likeness (QED) is 0.673. The van der Waals surface area contributed by atoms with Gasteiger partial charge in [-0.2, -0.15) is 0 Å². The number of rotatable bonds is 8. The number of carbonyl (C=O) groups excluding carboxylic acids is 1. The molecule has 0 aliphatic carbocycles. The van der Waals surface area contributed by atoms with Crippen molar-refractivity contribution in [2.24, 2.45) is 11.8 Å². The van der Waals surface area contributed by atoms with Gasteiger partial charge in [0, 0.05) is 19.6 Å². The minimum Gasteiger partial charge on any atom is -0.342 e. The normalized spacial score (nSPS) is 17.2. The molecule has 31 heavy (non-hydrogen) atoms. The molecular formula is C25H34N2O3S. The second-order valence-corrected chi connectivity index (χ2v) is 10.9. The van der Waals surface area contributed by atoms with Gasteiger partial charge in [0.2, 0.25) is 15.9 Å². The second kappa shape index (κ2) is 10.4. The molecule has 1 aliphatic rings. The fraction of sp³-hybridized carbons (Fsp3) is 0.480. The highest BCUT2D eigenvalue weighted by atomic mass is 32.2. The summed E-state index contributed by atoms with van der Waals surface area (Å²) in [6.45, 7) is 8.02. The lowest BCUT2D eigenvalue weighted by Crippen LogP contribution is -2.44. The zero-order valence-electron chi connectivity index (χ0n) is 18.8. The van der Waals surface area contributed by atoms with Crippen molar-refractivity contribution < 1.29 is 13.2 Å². The molecule has 1 saturated heterocycles. The predicted molar refractivity (Wildman–Crippen MR) is 124 cm³/mol. The van der Waals surface area contributed by atoms with Crippen LogP contribution in [0.25, 0.3) is 0 Å². The first kappa shape index (κ1) is 23.5. The summed E-state index contributed by atoms with van der Waals surface area (Å²) in [6, 6.07) is 15.2. The number of hydrogen-bond acceptors (Lipinski definition) is 3. The predicted octanol–water partition coefficient (Wildman–Crippen LogP) is 3.95. The summed E-state index contributed by atoms with van der Waals surface area (Å²) in [5.41, 5.74) is 3.35. The van der Waals surface area contributed by atoms with Crippen molar-refractivity contribution in [2.75, 3.05) is 19.6 Å². The molecule has 1 heterocycles. The Morgan fingerprint density at radius 2 is 1.71 bits per heavy atom. The van der Waals surface area contributed by atoms with Crippen molar-refractivity contribution in [3.8, 4) is 0 Å². The molecule has 2 aromatic carbocycles. The highest BCUT2D eigenvalue weighted by Crippen LogP contribution is 2.19. The van der Waals surface area contributed by atoms with E-state index in [2.05, 4.69) is 30.7 Å². The molecule has 1 amide bonds. The van der Waals surface area contributed by atoms with Gasteiger partial charge in [0.25, 0.3) is 0 Å². The van der Waals surface area contributed by atoms with Crippen LogP contribution in [0.3, 0.4) is 0 Å². The number of nitrogens with zero attached hydrogens (tertiary/aromatic N) is 1. The summed E-state index contributed by atoms with van der Waals surface area (Å²) in [5, 5.41) is 0. The topological polar surface area (TPSA) is 66.5 Å². The number of amides is 1. The largest absolute Gasteiger partial charge is 0.342 e. The van der Waals surface area contributed by atoms with E-state index < -0.39 is 10.0 Å². The van der Waals surface area contributed by atoms with Gasteiger partial charge < -0.3 is 4.90 Å². The summed E-state index contributed by atoms with van der Waals surface area (Å²) in [6.07, 6.45) is 3.25. The van der Waals surface area contributed by atoms with E-state index in [1.807, 2.05) is 24.0 Å². The lowest BCUT2D eigenvalue weighted by atomic mass is 9.97. The van der Waals surface area contributed by atoms with Gasteiger partial charge in [-0.05, 0) is 61.3 Å². The van der Waals surface area contributed by atoms with Gasteiger partial charge in [-0.15, -0.1) is 0 Å². The minimum atomic E-state index is -3.53. The molecular weight excluding hydrogens is 408 g/mol. The van der Waals surface area contributed by atoms with Gasteiger partial charge in [0.15, 0.2) is 0 Å². The Morgan fingerprint density at radius 3 is 2.35 bits per heavy atom. The fourth-order valence-corrected chi connectivity index (χ4v) is 5.15. The Bertz CT molecular complexity index is 967. The van der Waals surface area contributed by atoms with Gasteiger partial charge in [0.05, 0.1) is 11.3 Å². The van der Waals surface area contributed by atoms with E-state index in [1.165, 1.54) is 5.56 Å². The summed E-state index contributed by atoms with van der Waals surface area (Å²) in [7, 11) is -3.53. The number of benzene rings is 2. The minimum absolute atomic E-state index is 0.114. The highest BCUT2D eigenvalue weighted by molar-refractivity contribution is 7.89. The van der Waals surface area contributed by atoms with Crippen molar-refractivity contribution in [1.29, 1.82) is 0 Å². The summed E-state index contributed by atoms with van der Waals surface area (Å²) in [4.78, 5) is 15.0. The van der Waals surface area contributed by atoms with E-state index >= 15 is 0 Å². The first-order valence-corrected chi connectivity index (χ1v) is 12.6. The van der Waals surface area contributed by atoms with E-state index in [0.717, 1.165) is 36.9 Å². The van der Waals surface area contributed by atoms with Crippen molar-refractivity contribution >= 4 is 15.9 Å². The van der Waals surface area contributed by atoms with Crippen LogP contribution in [0, 0.1) is 18.8 Å². The number of piperidine rings is 1. The lowest BCUT2D eigenvalue weighted by Gasteiger charge is -2.33. The molecule has 5 nitrogen and oxygen atoms in total. The van der Waals surface area contributed by atoms with E-state index in [4.69, 9.17) is 0 Å². The van der Waals surface area contributed by atoms with Crippen LogP contribution in [0.2, 0.25) is 0 Å². The van der Waals surface area contributed by atoms with Gasteiger partial charge >= 0.3 is 0 Å². The second-order valence-electron chi connectivity index (χ2n) is 9.10. The molecule has 0 radical (unpaired) electrons. The molecule has 2 aromatic rings. The maximum absolute atomic E-state index is 12.8. The third-order valence-electron chi connectivity index (χ3n) is 5.79. The lowest BCUT2D eigenvalue weighted by molar-refractivity contribution is -0.132. The van der Waals surface area contributed by atoms with Crippen LogP contribution >= 0.6 is 0 Å². The number of likely N-dealkylation sites (tertiary alicyclic amines) is 1. The van der Waals surface area contributed by atoms with Crippen molar-refractivity contribution in [3.63, 3.8) is 0 Å². The third kappa shape index (κ3) is 6.91. The Hall–Kier alpha value is -2.18. The first-order valence-electron chi connectivity index (χ1n) is 11.1. The Balaban J connectivity index is 1.52. The van der Waals surface area contributed by atoms with E-state index in [-0.39, 0.29) is 16.7 Å². The molecule has 1 aliphatic heterocycles. The number of nitrogens with one attached hydrogen (secondary N) is 1. The Morgan fingerprint density at radius 1 is 1.06 bits per heavy atom. The van der Waals surface area contributed by atoms with Crippen molar-refractivity contribution in [1.82, 2.24) is 9.62 Å². The fourth-order valence-electron chi connectivity index (χ4n) is 4.04. The first-order chi connectivity index (χ1) is 14.7. The monoisotopic (exact) mass is 442 g/mol. The molecule has 1 atom stereocenters. The zero-order chi connectivity index (χ0) is 22.4. The van der Waals surface area contributed by atoms with E-state index in [1.54, 1.807) is 24.3 Å². The Kier molecular flexibility index (Phi) is 7.89. The van der Waals surface area contributed by atoms with Gasteiger partial charge in [-0.25, -0.2) is 13.1 Å². The van der Waals surface area contributed by atoms with Crippen LogP contribution in [0.1, 0.15) is 43.4 Å². The smallest absolute Gasteiger partial charge is 0.240 e. The van der Waals surface area contributed by atoms with Gasteiger partial charge in [0.1, 0.15) is 0 Å². The Labute approximate surface area is 186 Å². The molecule has 168 valence electrons. The zero-order valence-corrected chi connectivity index (χ0v) is 19.6. The number of carbonyl (C=O) groups is 1. The SMILES string of the molecule is Cc1ccc(S(=O)(=O)NCC2CCCN(C(=O)Cc3ccc(CC(C)C)cc3)C2)cc1. The van der Waals surface area contributed by atoms with Crippen LogP contribution in [0.4, 0.5) is 0 Å². The molecule has 0 aromatic heterocycles. The third-order valence-corrected chi connectivity index (χ3v) is 7.23. The van der Waals surface area contributed by atoms with Crippen molar-refractivity contribution in [3.05, 3.63) is 65.2 Å². The van der Waals surface area contributed by atoms with E-state index in [0.29, 0.717) is 25.4 Å². The standard InChI is InChI=1S/C25H34N2O3S/c1-19(2)15-21-8-10-22(11-9-21)16-25(28)27-14-4-5-23(18-27)17-26-31(29,30)24-12-6-20(3)7-13-24/h6-13,19,23,26H,4-5,14-18H2,1-3H3. The van der Waals surface area contributed by atoms with Crippen LogP contribution in [-0.2, 0) is 27.7 Å². The average molecular weight is 443 g/mol. The highest BCUT2D eigenvalue weighted by Gasteiger charge is 2.25. The molecule has 3 rings (SSSR count). The number of hydrogen-bond donors (Lipinski definition) is 1. The number of sulfonamides is 1. The van der Waals surface area contributed by atoms with E-state index in [9.17, 15) is 13.2 Å². The summed E-state index contributed by atoms with van der Waals surface area (Å²) < 4.78 is 27.8. The van der Waals surface area contributed by atoms with Gasteiger partial charge in [-0.3, -0.25) is 4.79 Å². The van der Waals surface area contributed by atoms with Crippen molar-refractivity contribution in [2.45, 2.75) is 51.3 Å².